The third-order valence-electron chi connectivity index (χ3n) is 6.26. The molecule has 33 heavy (non-hydrogen) atoms. The Hall–Kier alpha value is -3.30. The summed E-state index contributed by atoms with van der Waals surface area (Å²) in [5.74, 6) is 0.959. The second kappa shape index (κ2) is 8.92. The zero-order valence-electron chi connectivity index (χ0n) is 19.1. The van der Waals surface area contributed by atoms with E-state index in [0.717, 1.165) is 25.9 Å². The fourth-order valence-corrected chi connectivity index (χ4v) is 4.58. The van der Waals surface area contributed by atoms with Crippen molar-refractivity contribution in [1.29, 1.82) is 0 Å². The van der Waals surface area contributed by atoms with Crippen LogP contribution in [-0.2, 0) is 11.3 Å². The summed E-state index contributed by atoms with van der Waals surface area (Å²) < 4.78 is 3.10. The van der Waals surface area contributed by atoms with Gasteiger partial charge in [0.15, 0.2) is 11.6 Å². The van der Waals surface area contributed by atoms with Crippen molar-refractivity contribution in [3.8, 4) is 17.1 Å². The number of anilines is 2. The van der Waals surface area contributed by atoms with Crippen LogP contribution in [0.4, 0.5) is 11.5 Å². The Kier molecular flexibility index (Phi) is 5.82. The van der Waals surface area contributed by atoms with Crippen molar-refractivity contribution in [1.82, 2.24) is 29.1 Å². The molecule has 0 spiro atoms. The molecule has 0 unspecified atom stereocenters. The lowest BCUT2D eigenvalue weighted by molar-refractivity contribution is -0.119. The molecule has 2 aromatic heterocycles. The molecule has 0 N–H and O–H groups in total. The summed E-state index contributed by atoms with van der Waals surface area (Å²) in [7, 11) is 3.93. The molecule has 172 valence electrons. The number of likely N-dealkylation sites (tertiary alicyclic amines) is 1. The van der Waals surface area contributed by atoms with Crippen LogP contribution in [0.15, 0.2) is 47.4 Å². The maximum absolute atomic E-state index is 13.7. The van der Waals surface area contributed by atoms with Crippen LogP contribution in [0.25, 0.3) is 17.1 Å². The number of piperidine rings is 1. The van der Waals surface area contributed by atoms with Gasteiger partial charge < -0.3 is 4.90 Å². The number of fused-ring (bicyclic) bond motifs is 5. The van der Waals surface area contributed by atoms with E-state index in [1.165, 1.54) is 11.1 Å². The Labute approximate surface area is 192 Å². The summed E-state index contributed by atoms with van der Waals surface area (Å²) in [6.07, 6.45) is 5.11. The Morgan fingerprint density at radius 1 is 1.03 bits per heavy atom. The second-order valence-electron chi connectivity index (χ2n) is 8.90. The van der Waals surface area contributed by atoms with Gasteiger partial charge in [0.25, 0.3) is 0 Å². The SMILES string of the molecule is CN(C)CCn1nc2n(c1=O)-c1ccccc1N(C(=O)CN1CCCCC1)c1ncccc1-2. The molecule has 9 heteroatoms. The first-order chi connectivity index (χ1) is 16.0. The van der Waals surface area contributed by atoms with E-state index in [0.29, 0.717) is 48.2 Å². The van der Waals surface area contributed by atoms with Gasteiger partial charge in [0.2, 0.25) is 5.91 Å². The summed E-state index contributed by atoms with van der Waals surface area (Å²) in [5.41, 5.74) is 1.73. The lowest BCUT2D eigenvalue weighted by Crippen LogP contribution is -2.41. The molecule has 5 rings (SSSR count). The first-order valence-corrected chi connectivity index (χ1v) is 11.5. The van der Waals surface area contributed by atoms with Gasteiger partial charge in [-0.15, -0.1) is 5.10 Å². The van der Waals surface area contributed by atoms with E-state index in [2.05, 4.69) is 15.0 Å². The molecular weight excluding hydrogens is 418 g/mol. The summed E-state index contributed by atoms with van der Waals surface area (Å²) in [5, 5.41) is 4.68. The number of aromatic nitrogens is 4. The topological polar surface area (TPSA) is 79.5 Å². The highest BCUT2D eigenvalue weighted by Gasteiger charge is 2.33. The minimum atomic E-state index is -0.223. The fraction of sp³-hybridized carbons (Fsp3) is 0.417. The van der Waals surface area contributed by atoms with Crippen LogP contribution in [0.5, 0.6) is 0 Å². The van der Waals surface area contributed by atoms with Gasteiger partial charge in [-0.3, -0.25) is 14.6 Å². The van der Waals surface area contributed by atoms with Crippen LogP contribution in [0.1, 0.15) is 19.3 Å². The average molecular weight is 448 g/mol. The van der Waals surface area contributed by atoms with Crippen molar-refractivity contribution >= 4 is 17.4 Å². The van der Waals surface area contributed by atoms with Gasteiger partial charge in [0.1, 0.15) is 0 Å². The van der Waals surface area contributed by atoms with E-state index in [-0.39, 0.29) is 11.6 Å². The number of hydrogen-bond donors (Lipinski definition) is 0. The molecule has 1 aromatic carbocycles. The fourth-order valence-electron chi connectivity index (χ4n) is 4.58. The number of pyridine rings is 1. The largest absolute Gasteiger partial charge is 0.350 e. The van der Waals surface area contributed by atoms with Crippen molar-refractivity contribution in [2.75, 3.05) is 45.2 Å². The Bertz CT molecular complexity index is 1220. The van der Waals surface area contributed by atoms with Gasteiger partial charge in [-0.1, -0.05) is 18.6 Å². The van der Waals surface area contributed by atoms with Gasteiger partial charge in [-0.2, -0.15) is 0 Å². The predicted octanol–water partition coefficient (Wildman–Crippen LogP) is 2.12. The van der Waals surface area contributed by atoms with Gasteiger partial charge in [0, 0.05) is 12.7 Å². The quantitative estimate of drug-likeness (QED) is 0.596. The van der Waals surface area contributed by atoms with E-state index in [1.807, 2.05) is 55.4 Å². The molecule has 3 aromatic rings. The third kappa shape index (κ3) is 3.98. The zero-order chi connectivity index (χ0) is 22.9. The first kappa shape index (κ1) is 21.5. The maximum atomic E-state index is 13.7. The second-order valence-corrected chi connectivity index (χ2v) is 8.90. The lowest BCUT2D eigenvalue weighted by atomic mass is 10.1. The molecule has 4 heterocycles. The van der Waals surface area contributed by atoms with Crippen LogP contribution < -0.4 is 10.6 Å². The maximum Gasteiger partial charge on any atom is 0.350 e. The number of amides is 1. The molecule has 9 nitrogen and oxygen atoms in total. The molecule has 2 aliphatic heterocycles. The number of benzene rings is 1. The van der Waals surface area contributed by atoms with Gasteiger partial charge >= 0.3 is 5.69 Å². The Morgan fingerprint density at radius 2 is 1.79 bits per heavy atom. The van der Waals surface area contributed by atoms with E-state index < -0.39 is 0 Å². The van der Waals surface area contributed by atoms with Crippen molar-refractivity contribution in [3.05, 3.63) is 53.1 Å². The summed E-state index contributed by atoms with van der Waals surface area (Å²) in [6, 6.07) is 11.2. The monoisotopic (exact) mass is 447 g/mol. The van der Waals surface area contributed by atoms with Gasteiger partial charge in [0.05, 0.1) is 30.0 Å². The van der Waals surface area contributed by atoms with Gasteiger partial charge in [-0.25, -0.2) is 19.0 Å². The molecule has 0 saturated carbocycles. The highest BCUT2D eigenvalue weighted by Crippen LogP contribution is 2.40. The van der Waals surface area contributed by atoms with Crippen LogP contribution >= 0.6 is 0 Å². The Morgan fingerprint density at radius 3 is 2.55 bits per heavy atom. The molecule has 0 atom stereocenters. The average Bonchev–Trinajstić information content (AvgIpc) is 3.08. The van der Waals surface area contributed by atoms with E-state index in [9.17, 15) is 9.59 Å². The summed E-state index contributed by atoms with van der Waals surface area (Å²) in [6.45, 7) is 3.34. The molecule has 0 bridgehead atoms. The molecule has 0 radical (unpaired) electrons. The lowest BCUT2D eigenvalue weighted by Gasteiger charge is -2.29. The van der Waals surface area contributed by atoms with Crippen LogP contribution in [0.3, 0.4) is 0 Å². The Balaban J connectivity index is 1.65. The van der Waals surface area contributed by atoms with E-state index >= 15 is 0 Å². The van der Waals surface area contributed by atoms with Gasteiger partial charge in [-0.05, 0) is 64.3 Å². The first-order valence-electron chi connectivity index (χ1n) is 11.5. The van der Waals surface area contributed by atoms with Crippen molar-refractivity contribution in [2.45, 2.75) is 25.8 Å². The number of carbonyl (C=O) groups is 1. The number of hydrogen-bond acceptors (Lipinski definition) is 6. The number of nitrogens with zero attached hydrogens (tertiary/aromatic N) is 7. The molecule has 2 aliphatic rings. The number of likely N-dealkylation sites (N-methyl/N-ethyl adjacent to an activating group) is 1. The van der Waals surface area contributed by atoms with E-state index in [4.69, 9.17) is 0 Å². The zero-order valence-corrected chi connectivity index (χ0v) is 19.1. The van der Waals surface area contributed by atoms with Crippen molar-refractivity contribution in [2.24, 2.45) is 0 Å². The minimum Gasteiger partial charge on any atom is -0.308 e. The molecular formula is C24H29N7O2. The van der Waals surface area contributed by atoms with Crippen LogP contribution in [-0.4, -0.2) is 75.3 Å². The number of rotatable bonds is 5. The van der Waals surface area contributed by atoms with Crippen molar-refractivity contribution < 1.29 is 4.79 Å². The standard InChI is InChI=1S/C24H29N7O2/c1-27(2)15-16-29-24(33)31-20-11-5-4-10-19(20)30(21(32)17-28-13-6-3-7-14-28)22-18(23(31)26-29)9-8-12-25-22/h4-5,8-12H,3,6-7,13-17H2,1-2H3. The third-order valence-corrected chi connectivity index (χ3v) is 6.26. The molecule has 0 aliphatic carbocycles. The summed E-state index contributed by atoms with van der Waals surface area (Å²) >= 11 is 0. The predicted molar refractivity (Wildman–Crippen MR) is 127 cm³/mol. The summed E-state index contributed by atoms with van der Waals surface area (Å²) in [4.78, 5) is 37.6. The molecule has 1 saturated heterocycles. The highest BCUT2D eigenvalue weighted by atomic mass is 16.2. The normalized spacial score (nSPS) is 15.7. The van der Waals surface area contributed by atoms with Crippen molar-refractivity contribution in [3.63, 3.8) is 0 Å². The highest BCUT2D eigenvalue weighted by molar-refractivity contribution is 6.06. The molecule has 1 amide bonds. The smallest absolute Gasteiger partial charge is 0.308 e. The number of carbonyl (C=O) groups excluding carboxylic acids is 1. The minimum absolute atomic E-state index is 0.0528. The van der Waals surface area contributed by atoms with Crippen LogP contribution in [0, 0.1) is 0 Å². The number of para-hydroxylation sites is 2. The van der Waals surface area contributed by atoms with E-state index in [1.54, 1.807) is 15.7 Å². The molecule has 1 fully saturated rings. The van der Waals surface area contributed by atoms with Crippen LogP contribution in [0.2, 0.25) is 0 Å².